The maximum atomic E-state index is 13.2. The highest BCUT2D eigenvalue weighted by Gasteiger charge is 2.72. The summed E-state index contributed by atoms with van der Waals surface area (Å²) in [7, 11) is 0. The number of rotatable bonds is 4. The van der Waals surface area contributed by atoms with Crippen molar-refractivity contribution in [1.82, 2.24) is 24.8 Å². The molecule has 4 aliphatic rings. The number of nitrogens with zero attached hydrogens (tertiary/aromatic N) is 6. The molecule has 3 aliphatic carbocycles. The molecule has 0 aromatic carbocycles. The van der Waals surface area contributed by atoms with Gasteiger partial charge in [-0.05, 0) is 44.1 Å². The highest BCUT2D eigenvalue weighted by Crippen LogP contribution is 2.74. The molecule has 7 nitrogen and oxygen atoms in total. The number of hydrogen-bond acceptors (Lipinski definition) is 5. The third-order valence-electron chi connectivity index (χ3n) is 6.01. The molecule has 2 bridgehead atoms. The van der Waals surface area contributed by atoms with E-state index < -0.39 is 0 Å². The molecule has 0 saturated heterocycles. The predicted molar refractivity (Wildman–Crippen MR) is 95.1 cm³/mol. The lowest BCUT2D eigenvalue weighted by Gasteiger charge is -2.69. The van der Waals surface area contributed by atoms with Gasteiger partial charge in [0.15, 0.2) is 0 Å². The molecule has 0 N–H and O–H groups in total. The Balaban J connectivity index is 1.29. The first kappa shape index (κ1) is 15.7. The second-order valence-corrected chi connectivity index (χ2v) is 8.31. The average Bonchev–Trinajstić information content (AvgIpc) is 3.17. The summed E-state index contributed by atoms with van der Waals surface area (Å²) >= 11 is 0. The van der Waals surface area contributed by atoms with E-state index in [1.807, 2.05) is 24.0 Å². The van der Waals surface area contributed by atoms with Crippen molar-refractivity contribution in [3.05, 3.63) is 41.7 Å². The molecule has 3 saturated carbocycles. The Hall–Kier alpha value is -2.57. The summed E-state index contributed by atoms with van der Waals surface area (Å²) < 4.78 is 2.02. The van der Waals surface area contributed by atoms with Crippen LogP contribution in [0.1, 0.15) is 48.7 Å². The Labute approximate surface area is 152 Å². The Morgan fingerprint density at radius 1 is 1.23 bits per heavy atom. The summed E-state index contributed by atoms with van der Waals surface area (Å²) in [6.45, 7) is 4.88. The Bertz CT molecular complexity index is 896. The number of aryl methyl sites for hydroxylation is 2. The van der Waals surface area contributed by atoms with Crippen molar-refractivity contribution in [2.45, 2.75) is 52.1 Å². The second-order valence-electron chi connectivity index (χ2n) is 8.31. The van der Waals surface area contributed by atoms with E-state index in [1.54, 1.807) is 17.4 Å². The summed E-state index contributed by atoms with van der Waals surface area (Å²) in [5.41, 5.74) is 2.89. The van der Waals surface area contributed by atoms with Gasteiger partial charge in [0.1, 0.15) is 6.04 Å². The number of hydrogen-bond donors (Lipinski definition) is 0. The van der Waals surface area contributed by atoms with Gasteiger partial charge < -0.3 is 0 Å². The number of hydrazone groups is 1. The molecule has 134 valence electrons. The van der Waals surface area contributed by atoms with Crippen LogP contribution in [0.4, 0.5) is 0 Å². The first-order valence-corrected chi connectivity index (χ1v) is 9.13. The van der Waals surface area contributed by atoms with Gasteiger partial charge in [-0.3, -0.25) is 19.4 Å². The van der Waals surface area contributed by atoms with Gasteiger partial charge in [0.25, 0.3) is 0 Å². The Kier molecular flexibility index (Phi) is 3.14. The minimum Gasteiger partial charge on any atom is -0.272 e. The molecule has 7 heteroatoms. The van der Waals surface area contributed by atoms with Crippen LogP contribution in [0.15, 0.2) is 29.9 Å². The molecule has 0 radical (unpaired) electrons. The van der Waals surface area contributed by atoms with Crippen molar-refractivity contribution in [3.63, 3.8) is 0 Å². The molecular weight excluding hydrogens is 328 g/mol. The van der Waals surface area contributed by atoms with Gasteiger partial charge in [-0.25, -0.2) is 5.01 Å². The molecular formula is C19H22N6O. The molecule has 1 unspecified atom stereocenters. The summed E-state index contributed by atoms with van der Waals surface area (Å²) in [5.74, 6) is 0.151. The van der Waals surface area contributed by atoms with Crippen molar-refractivity contribution in [1.29, 1.82) is 0 Å². The normalized spacial score (nSPS) is 31.6. The maximum Gasteiger partial charge on any atom is 0.249 e. The van der Waals surface area contributed by atoms with Gasteiger partial charge in [0.2, 0.25) is 5.91 Å². The molecule has 2 aromatic rings. The average molecular weight is 350 g/mol. The Morgan fingerprint density at radius 3 is 2.73 bits per heavy atom. The standard InChI is InChI=1S/C19H22N6O/c1-13-5-22-24(8-13)12-18-9-19(10-18,11-18)17(26)25-16(3-4-21-25)15-7-20-6-14(2)23-15/h4-8,16H,3,9-12H2,1-2H3. The van der Waals surface area contributed by atoms with Gasteiger partial charge in [-0.2, -0.15) is 10.2 Å². The van der Waals surface area contributed by atoms with Crippen LogP contribution in [0.3, 0.4) is 0 Å². The second kappa shape index (κ2) is 5.22. The van der Waals surface area contributed by atoms with Crippen molar-refractivity contribution in [2.75, 3.05) is 0 Å². The van der Waals surface area contributed by atoms with Crippen LogP contribution in [-0.2, 0) is 11.3 Å². The van der Waals surface area contributed by atoms with Crippen molar-refractivity contribution >= 4 is 12.1 Å². The zero-order valence-electron chi connectivity index (χ0n) is 15.1. The largest absolute Gasteiger partial charge is 0.272 e. The maximum absolute atomic E-state index is 13.2. The highest BCUT2D eigenvalue weighted by molar-refractivity contribution is 5.88. The van der Waals surface area contributed by atoms with Crippen molar-refractivity contribution < 1.29 is 4.79 Å². The van der Waals surface area contributed by atoms with Gasteiger partial charge in [0.05, 0.1) is 29.2 Å². The fourth-order valence-electron chi connectivity index (χ4n) is 5.03. The minimum atomic E-state index is -0.223. The fraction of sp³-hybridized carbons (Fsp3) is 0.526. The van der Waals surface area contributed by atoms with Crippen LogP contribution in [0.2, 0.25) is 0 Å². The van der Waals surface area contributed by atoms with E-state index in [0.717, 1.165) is 37.2 Å². The lowest BCUT2D eigenvalue weighted by Crippen LogP contribution is -2.68. The van der Waals surface area contributed by atoms with Gasteiger partial charge in [-0.15, -0.1) is 0 Å². The van der Waals surface area contributed by atoms with E-state index in [9.17, 15) is 4.79 Å². The van der Waals surface area contributed by atoms with Gasteiger partial charge >= 0.3 is 0 Å². The Morgan fingerprint density at radius 2 is 2.04 bits per heavy atom. The van der Waals surface area contributed by atoms with Crippen molar-refractivity contribution in [3.8, 4) is 0 Å². The summed E-state index contributed by atoms with van der Waals surface area (Å²) in [5, 5.41) is 10.4. The molecule has 2 aromatic heterocycles. The topological polar surface area (TPSA) is 76.3 Å². The van der Waals surface area contributed by atoms with Gasteiger partial charge in [-0.1, -0.05) is 0 Å². The minimum absolute atomic E-state index is 0.117. The van der Waals surface area contributed by atoms with Gasteiger partial charge in [0, 0.05) is 31.6 Å². The third kappa shape index (κ3) is 2.22. The SMILES string of the molecule is Cc1cnn(CC23CC(C(=O)N4N=CCC4c4cncc(C)n4)(C2)C3)c1. The highest BCUT2D eigenvalue weighted by atomic mass is 16.2. The molecule has 3 fully saturated rings. The molecule has 1 amide bonds. The van der Waals surface area contributed by atoms with E-state index in [1.165, 1.54) is 5.56 Å². The third-order valence-corrected chi connectivity index (χ3v) is 6.01. The lowest BCUT2D eigenvalue weighted by atomic mass is 9.34. The van der Waals surface area contributed by atoms with Crippen LogP contribution >= 0.6 is 0 Å². The number of amides is 1. The van der Waals surface area contributed by atoms with E-state index in [2.05, 4.69) is 33.3 Å². The molecule has 1 atom stereocenters. The molecule has 0 spiro atoms. The smallest absolute Gasteiger partial charge is 0.249 e. The first-order chi connectivity index (χ1) is 12.5. The first-order valence-electron chi connectivity index (χ1n) is 9.13. The van der Waals surface area contributed by atoms with Crippen LogP contribution in [0.25, 0.3) is 0 Å². The van der Waals surface area contributed by atoms with Crippen LogP contribution < -0.4 is 0 Å². The number of carbonyl (C=O) groups is 1. The number of carbonyl (C=O) groups excluding carboxylic acids is 1. The van der Waals surface area contributed by atoms with E-state index >= 15 is 0 Å². The molecule has 3 heterocycles. The van der Waals surface area contributed by atoms with E-state index in [-0.39, 0.29) is 22.8 Å². The summed E-state index contributed by atoms with van der Waals surface area (Å²) in [6.07, 6.45) is 12.8. The fourth-order valence-corrected chi connectivity index (χ4v) is 5.03. The van der Waals surface area contributed by atoms with Crippen LogP contribution in [-0.4, -0.2) is 36.9 Å². The zero-order chi connectivity index (χ0) is 17.9. The summed E-state index contributed by atoms with van der Waals surface area (Å²) in [4.78, 5) is 22.0. The lowest BCUT2D eigenvalue weighted by molar-refractivity contribution is -0.223. The van der Waals surface area contributed by atoms with E-state index in [0.29, 0.717) is 6.42 Å². The summed E-state index contributed by atoms with van der Waals surface area (Å²) in [6, 6.07) is -0.117. The van der Waals surface area contributed by atoms with Crippen LogP contribution in [0, 0.1) is 24.7 Å². The molecule has 26 heavy (non-hydrogen) atoms. The molecule has 6 rings (SSSR count). The van der Waals surface area contributed by atoms with E-state index in [4.69, 9.17) is 0 Å². The zero-order valence-corrected chi connectivity index (χ0v) is 15.1. The quantitative estimate of drug-likeness (QED) is 0.848. The van der Waals surface area contributed by atoms with Crippen LogP contribution in [0.5, 0.6) is 0 Å². The molecule has 1 aliphatic heterocycles. The monoisotopic (exact) mass is 350 g/mol. The predicted octanol–water partition coefficient (Wildman–Crippen LogP) is 2.42. The van der Waals surface area contributed by atoms with Crippen molar-refractivity contribution in [2.24, 2.45) is 15.9 Å². The number of aromatic nitrogens is 4.